The summed E-state index contributed by atoms with van der Waals surface area (Å²) in [7, 11) is -3.38. The van der Waals surface area contributed by atoms with Crippen molar-refractivity contribution in [3.63, 3.8) is 0 Å². The molecule has 0 spiro atoms. The highest BCUT2D eigenvalue weighted by Crippen LogP contribution is 2.35. The van der Waals surface area contributed by atoms with Crippen LogP contribution in [-0.4, -0.2) is 43.9 Å². The highest BCUT2D eigenvalue weighted by Gasteiger charge is 2.33. The maximum absolute atomic E-state index is 12.7. The molecule has 2 fully saturated rings. The number of pyridine rings is 1. The lowest BCUT2D eigenvalue weighted by Crippen LogP contribution is -2.35. The Bertz CT molecular complexity index is 692. The number of fused-ring (bicyclic) bond motifs is 1. The van der Waals surface area contributed by atoms with Crippen LogP contribution in [0, 0.1) is 11.8 Å². The second-order valence-electron chi connectivity index (χ2n) is 7.18. The van der Waals surface area contributed by atoms with Crippen LogP contribution in [-0.2, 0) is 10.0 Å². The van der Waals surface area contributed by atoms with Crippen molar-refractivity contribution in [1.82, 2.24) is 9.29 Å². The normalized spacial score (nSPS) is 28.1. The van der Waals surface area contributed by atoms with Crippen LogP contribution in [0.5, 0.6) is 0 Å². The van der Waals surface area contributed by atoms with Gasteiger partial charge in [0.25, 0.3) is 0 Å². The number of nitrogens with zero attached hydrogens (tertiary/aromatic N) is 3. The zero-order chi connectivity index (χ0) is 16.6. The van der Waals surface area contributed by atoms with E-state index >= 15 is 0 Å². The number of hydrogen-bond acceptors (Lipinski definition) is 4. The van der Waals surface area contributed by atoms with Crippen LogP contribution in [0.4, 0.5) is 5.82 Å². The smallest absolute Gasteiger partial charge is 0.244 e. The van der Waals surface area contributed by atoms with Gasteiger partial charge in [-0.1, -0.05) is 18.6 Å². The lowest BCUT2D eigenvalue weighted by atomic mass is 9.86. The van der Waals surface area contributed by atoms with E-state index in [0.717, 1.165) is 51.0 Å². The number of piperidine rings is 1. The minimum absolute atomic E-state index is 0.325. The van der Waals surface area contributed by atoms with Crippen LogP contribution in [0.1, 0.15) is 32.1 Å². The van der Waals surface area contributed by atoms with E-state index in [0.29, 0.717) is 29.8 Å². The standard InChI is InChI=1S/C18H25N3O2S/c22-24(23,21-10-4-1-5-11-21)17-8-9-18(19-12-17)20-13-15-6-2-3-7-16(15)14-20/h2-3,8-9,12,15-16H,1,4-7,10-11,13-14H2. The summed E-state index contributed by atoms with van der Waals surface area (Å²) >= 11 is 0. The molecule has 1 aromatic rings. The highest BCUT2D eigenvalue weighted by molar-refractivity contribution is 7.89. The summed E-state index contributed by atoms with van der Waals surface area (Å²) in [5.74, 6) is 2.34. The third-order valence-corrected chi connectivity index (χ3v) is 7.50. The van der Waals surface area contributed by atoms with Crippen molar-refractivity contribution in [2.75, 3.05) is 31.1 Å². The van der Waals surface area contributed by atoms with Gasteiger partial charge in [0.1, 0.15) is 10.7 Å². The second kappa shape index (κ2) is 6.48. The van der Waals surface area contributed by atoms with E-state index in [-0.39, 0.29) is 0 Å². The maximum Gasteiger partial charge on any atom is 0.244 e. The third kappa shape index (κ3) is 2.97. The van der Waals surface area contributed by atoms with Crippen LogP contribution in [0.3, 0.4) is 0 Å². The first-order valence-corrected chi connectivity index (χ1v) is 10.4. The molecule has 5 nitrogen and oxygen atoms in total. The number of anilines is 1. The predicted molar refractivity (Wildman–Crippen MR) is 94.4 cm³/mol. The fourth-order valence-electron chi connectivity index (χ4n) is 4.17. The van der Waals surface area contributed by atoms with Gasteiger partial charge in [0.2, 0.25) is 10.0 Å². The first-order chi connectivity index (χ1) is 11.6. The van der Waals surface area contributed by atoms with Gasteiger partial charge in [-0.2, -0.15) is 4.31 Å². The van der Waals surface area contributed by atoms with Crippen molar-refractivity contribution < 1.29 is 8.42 Å². The summed E-state index contributed by atoms with van der Waals surface area (Å²) in [6, 6.07) is 3.61. The van der Waals surface area contributed by atoms with Gasteiger partial charge in [0.15, 0.2) is 0 Å². The first kappa shape index (κ1) is 16.1. The van der Waals surface area contributed by atoms with Crippen molar-refractivity contribution in [3.8, 4) is 0 Å². The highest BCUT2D eigenvalue weighted by atomic mass is 32.2. The van der Waals surface area contributed by atoms with E-state index in [1.54, 1.807) is 16.6 Å². The molecule has 0 saturated carbocycles. The maximum atomic E-state index is 12.7. The summed E-state index contributed by atoms with van der Waals surface area (Å²) in [5.41, 5.74) is 0. The summed E-state index contributed by atoms with van der Waals surface area (Å²) < 4.78 is 27.0. The number of aromatic nitrogens is 1. The molecular weight excluding hydrogens is 322 g/mol. The number of hydrogen-bond donors (Lipinski definition) is 0. The Hall–Kier alpha value is -1.40. The molecule has 0 N–H and O–H groups in total. The van der Waals surface area contributed by atoms with Crippen LogP contribution < -0.4 is 4.90 Å². The van der Waals surface area contributed by atoms with Gasteiger partial charge in [-0.3, -0.25) is 0 Å². The van der Waals surface area contributed by atoms with Gasteiger partial charge in [-0.25, -0.2) is 13.4 Å². The molecule has 0 bridgehead atoms. The van der Waals surface area contributed by atoms with E-state index in [1.807, 2.05) is 6.07 Å². The fourth-order valence-corrected chi connectivity index (χ4v) is 5.63. The van der Waals surface area contributed by atoms with Gasteiger partial charge in [0, 0.05) is 32.4 Å². The van der Waals surface area contributed by atoms with Crippen LogP contribution in [0.2, 0.25) is 0 Å². The molecule has 2 atom stereocenters. The van der Waals surface area contributed by atoms with Crippen molar-refractivity contribution in [2.45, 2.75) is 37.0 Å². The first-order valence-electron chi connectivity index (χ1n) is 9.01. The van der Waals surface area contributed by atoms with Crippen molar-refractivity contribution >= 4 is 15.8 Å². The Morgan fingerprint density at radius 3 is 2.21 bits per heavy atom. The number of allylic oxidation sites excluding steroid dienone is 2. The largest absolute Gasteiger partial charge is 0.356 e. The van der Waals surface area contributed by atoms with Gasteiger partial charge in [-0.15, -0.1) is 0 Å². The lowest BCUT2D eigenvalue weighted by Gasteiger charge is -2.26. The van der Waals surface area contributed by atoms with Gasteiger partial charge >= 0.3 is 0 Å². The Kier molecular flexibility index (Phi) is 4.35. The monoisotopic (exact) mass is 347 g/mol. The quantitative estimate of drug-likeness (QED) is 0.789. The number of rotatable bonds is 3. The van der Waals surface area contributed by atoms with Crippen molar-refractivity contribution in [3.05, 3.63) is 30.5 Å². The molecule has 1 aromatic heterocycles. The summed E-state index contributed by atoms with van der Waals surface area (Å²) in [5, 5.41) is 0. The Morgan fingerprint density at radius 1 is 0.958 bits per heavy atom. The van der Waals surface area contributed by atoms with E-state index < -0.39 is 10.0 Å². The van der Waals surface area contributed by atoms with Crippen LogP contribution >= 0.6 is 0 Å². The average molecular weight is 347 g/mol. The van der Waals surface area contributed by atoms with Crippen LogP contribution in [0.25, 0.3) is 0 Å². The van der Waals surface area contributed by atoms with Crippen molar-refractivity contribution in [1.29, 1.82) is 0 Å². The molecule has 0 radical (unpaired) electrons. The fraction of sp³-hybridized carbons (Fsp3) is 0.611. The topological polar surface area (TPSA) is 53.5 Å². The molecule has 0 amide bonds. The third-order valence-electron chi connectivity index (χ3n) is 5.62. The molecule has 24 heavy (non-hydrogen) atoms. The molecule has 2 unspecified atom stereocenters. The SMILES string of the molecule is O=S(=O)(c1ccc(N2CC3CC=CCC3C2)nc1)N1CCCCC1. The van der Waals surface area contributed by atoms with Crippen molar-refractivity contribution in [2.24, 2.45) is 11.8 Å². The van der Waals surface area contributed by atoms with E-state index in [2.05, 4.69) is 22.0 Å². The van der Waals surface area contributed by atoms with Gasteiger partial charge < -0.3 is 4.90 Å². The molecule has 0 aromatic carbocycles. The molecular formula is C18H25N3O2S. The molecule has 130 valence electrons. The average Bonchev–Trinajstić information content (AvgIpc) is 3.07. The molecule has 3 aliphatic rings. The van der Waals surface area contributed by atoms with Gasteiger partial charge in [-0.05, 0) is 49.7 Å². The summed E-state index contributed by atoms with van der Waals surface area (Å²) in [6.45, 7) is 3.32. The minimum atomic E-state index is -3.38. The van der Waals surface area contributed by atoms with Crippen LogP contribution in [0.15, 0.2) is 35.4 Å². The molecule has 2 aliphatic heterocycles. The molecule has 4 rings (SSSR count). The van der Waals surface area contributed by atoms with Gasteiger partial charge in [0.05, 0.1) is 0 Å². The zero-order valence-electron chi connectivity index (χ0n) is 14.0. The lowest BCUT2D eigenvalue weighted by molar-refractivity contribution is 0.346. The predicted octanol–water partition coefficient (Wildman–Crippen LogP) is 2.66. The number of sulfonamides is 1. The molecule has 1 aliphatic carbocycles. The second-order valence-corrected chi connectivity index (χ2v) is 9.12. The Balaban J connectivity index is 1.49. The Labute approximate surface area is 144 Å². The molecule has 3 heterocycles. The van der Waals surface area contributed by atoms with E-state index in [9.17, 15) is 8.42 Å². The molecule has 2 saturated heterocycles. The molecule has 6 heteroatoms. The summed E-state index contributed by atoms with van der Waals surface area (Å²) in [4.78, 5) is 7.11. The zero-order valence-corrected chi connectivity index (χ0v) is 14.8. The minimum Gasteiger partial charge on any atom is -0.356 e. The van der Waals surface area contributed by atoms with E-state index in [4.69, 9.17) is 0 Å². The Morgan fingerprint density at radius 2 is 1.62 bits per heavy atom. The summed E-state index contributed by atoms with van der Waals surface area (Å²) in [6.07, 6.45) is 11.4. The van der Waals surface area contributed by atoms with E-state index in [1.165, 1.54) is 0 Å².